The quantitative estimate of drug-likeness (QED) is 0.524. The van der Waals surface area contributed by atoms with Gasteiger partial charge in [-0.1, -0.05) is 42.0 Å². The van der Waals surface area contributed by atoms with Gasteiger partial charge in [-0.05, 0) is 37.1 Å². The van der Waals surface area contributed by atoms with Crippen LogP contribution in [0.1, 0.15) is 28.5 Å². The third-order valence-electron chi connectivity index (χ3n) is 5.35. The average Bonchev–Trinajstić information content (AvgIpc) is 3.24. The number of oxazole rings is 1. The summed E-state index contributed by atoms with van der Waals surface area (Å²) in [6, 6.07) is 16.4. The molecule has 0 radical (unpaired) electrons. The summed E-state index contributed by atoms with van der Waals surface area (Å²) in [6.07, 6.45) is 1.73. The first-order valence-corrected chi connectivity index (χ1v) is 10.3. The number of ether oxygens (including phenoxy) is 1. The number of aliphatic imine (C=N–C) groups is 1. The third kappa shape index (κ3) is 4.54. The van der Waals surface area contributed by atoms with Crippen LogP contribution in [0.4, 0.5) is 0 Å². The van der Waals surface area contributed by atoms with Gasteiger partial charge in [0.25, 0.3) is 0 Å². The predicted molar refractivity (Wildman–Crippen MR) is 118 cm³/mol. The number of hydrogen-bond donors (Lipinski definition) is 1. The van der Waals surface area contributed by atoms with Crippen molar-refractivity contribution in [2.45, 2.75) is 26.5 Å². The summed E-state index contributed by atoms with van der Waals surface area (Å²) >= 11 is 0. The summed E-state index contributed by atoms with van der Waals surface area (Å²) in [5, 5.41) is 3.41. The minimum Gasteiger partial charge on any atom is -0.444 e. The largest absolute Gasteiger partial charge is 0.444 e. The smallest absolute Gasteiger partial charge is 0.226 e. The van der Waals surface area contributed by atoms with Gasteiger partial charge in [-0.3, -0.25) is 4.99 Å². The van der Waals surface area contributed by atoms with Gasteiger partial charge in [-0.2, -0.15) is 0 Å². The van der Waals surface area contributed by atoms with Crippen LogP contribution in [0.5, 0.6) is 0 Å². The van der Waals surface area contributed by atoms with Gasteiger partial charge in [0, 0.05) is 19.2 Å². The summed E-state index contributed by atoms with van der Waals surface area (Å²) < 4.78 is 11.7. The highest BCUT2D eigenvalue weighted by atomic mass is 16.5. The van der Waals surface area contributed by atoms with Gasteiger partial charge in [-0.15, -0.1) is 0 Å². The lowest BCUT2D eigenvalue weighted by Crippen LogP contribution is -2.48. The van der Waals surface area contributed by atoms with E-state index in [1.165, 1.54) is 16.7 Å². The average molecular weight is 405 g/mol. The molecule has 0 spiro atoms. The van der Waals surface area contributed by atoms with E-state index in [1.54, 1.807) is 6.26 Å². The van der Waals surface area contributed by atoms with Gasteiger partial charge in [0.1, 0.15) is 12.4 Å². The Bertz CT molecular complexity index is 1010. The Hall–Kier alpha value is -3.12. The molecular formula is C24H28N4O2. The van der Waals surface area contributed by atoms with Crippen molar-refractivity contribution < 1.29 is 9.15 Å². The minimum absolute atomic E-state index is 0.0367. The zero-order chi connectivity index (χ0) is 20.9. The van der Waals surface area contributed by atoms with Crippen molar-refractivity contribution in [2.24, 2.45) is 4.99 Å². The lowest BCUT2D eigenvalue weighted by molar-refractivity contribution is -0.00835. The molecule has 3 aromatic rings. The molecule has 156 valence electrons. The minimum atomic E-state index is 0.0367. The van der Waals surface area contributed by atoms with Crippen molar-refractivity contribution in [1.29, 1.82) is 0 Å². The molecule has 1 aliphatic heterocycles. The lowest BCUT2D eigenvalue weighted by atomic mass is 10.00. The number of hydrogen-bond acceptors (Lipinski definition) is 4. The number of nitrogens with one attached hydrogen (secondary N) is 1. The number of morpholine rings is 1. The number of rotatable bonds is 4. The van der Waals surface area contributed by atoms with Crippen molar-refractivity contribution in [2.75, 3.05) is 26.7 Å². The maximum absolute atomic E-state index is 6.07. The summed E-state index contributed by atoms with van der Waals surface area (Å²) in [4.78, 5) is 11.3. The van der Waals surface area contributed by atoms with Crippen LogP contribution in [0.3, 0.4) is 0 Å². The highest BCUT2D eigenvalue weighted by molar-refractivity contribution is 5.80. The van der Waals surface area contributed by atoms with Crippen LogP contribution in [-0.2, 0) is 11.3 Å². The molecule has 1 saturated heterocycles. The highest BCUT2D eigenvalue weighted by Gasteiger charge is 2.25. The van der Waals surface area contributed by atoms with E-state index in [-0.39, 0.29) is 6.10 Å². The summed E-state index contributed by atoms with van der Waals surface area (Å²) in [7, 11) is 1.81. The zero-order valence-corrected chi connectivity index (χ0v) is 17.8. The molecule has 1 fully saturated rings. The molecule has 2 heterocycles. The standard InChI is InChI=1S/C24H28N4O2/c1-17-9-10-21(18(2)13-17)22-15-28(11-12-29-22)24(25-3)26-14-20-16-30-23(27-20)19-7-5-4-6-8-19/h4-10,13,16,22H,11-12,14-15H2,1-3H3,(H,25,26). The molecule has 0 aliphatic carbocycles. The summed E-state index contributed by atoms with van der Waals surface area (Å²) in [5.41, 5.74) is 5.58. The van der Waals surface area contributed by atoms with E-state index < -0.39 is 0 Å². The first-order valence-electron chi connectivity index (χ1n) is 10.3. The van der Waals surface area contributed by atoms with E-state index >= 15 is 0 Å². The molecule has 4 rings (SSSR count). The molecule has 30 heavy (non-hydrogen) atoms. The van der Waals surface area contributed by atoms with Gasteiger partial charge < -0.3 is 19.4 Å². The fraction of sp³-hybridized carbons (Fsp3) is 0.333. The summed E-state index contributed by atoms with van der Waals surface area (Å²) in [6.45, 7) is 7.04. The molecule has 1 aromatic heterocycles. The Morgan fingerprint density at radius 2 is 2.03 bits per heavy atom. The normalized spacial score (nSPS) is 17.2. The SMILES string of the molecule is CN=C(NCc1coc(-c2ccccc2)n1)N1CCOC(c2ccc(C)cc2C)C1. The van der Waals surface area contributed by atoms with Crippen molar-refractivity contribution in [3.8, 4) is 11.5 Å². The molecule has 1 atom stereocenters. The van der Waals surface area contributed by atoms with E-state index in [9.17, 15) is 0 Å². The van der Waals surface area contributed by atoms with Crippen LogP contribution >= 0.6 is 0 Å². The predicted octanol–water partition coefficient (Wildman–Crippen LogP) is 4.11. The van der Waals surface area contributed by atoms with Gasteiger partial charge in [0.2, 0.25) is 5.89 Å². The Morgan fingerprint density at radius 1 is 1.20 bits per heavy atom. The number of benzene rings is 2. The summed E-state index contributed by atoms with van der Waals surface area (Å²) in [5.74, 6) is 1.47. The third-order valence-corrected chi connectivity index (χ3v) is 5.35. The molecule has 0 saturated carbocycles. The van der Waals surface area contributed by atoms with Crippen LogP contribution in [0.25, 0.3) is 11.5 Å². The Labute approximate surface area is 177 Å². The van der Waals surface area contributed by atoms with Gasteiger partial charge in [-0.25, -0.2) is 4.98 Å². The topological polar surface area (TPSA) is 62.9 Å². The highest BCUT2D eigenvalue weighted by Crippen LogP contribution is 2.26. The molecule has 1 aliphatic rings. The zero-order valence-electron chi connectivity index (χ0n) is 17.8. The van der Waals surface area contributed by atoms with E-state index in [0.717, 1.165) is 30.3 Å². The molecule has 1 N–H and O–H groups in total. The molecule has 6 heteroatoms. The molecular weight excluding hydrogens is 376 g/mol. The number of guanidine groups is 1. The second kappa shape index (κ2) is 9.13. The van der Waals surface area contributed by atoms with Gasteiger partial charge >= 0.3 is 0 Å². The maximum Gasteiger partial charge on any atom is 0.226 e. The van der Waals surface area contributed by atoms with Crippen molar-refractivity contribution in [3.63, 3.8) is 0 Å². The van der Waals surface area contributed by atoms with E-state index in [4.69, 9.17) is 9.15 Å². The van der Waals surface area contributed by atoms with E-state index in [2.05, 4.69) is 52.2 Å². The van der Waals surface area contributed by atoms with E-state index in [0.29, 0.717) is 19.0 Å². The Balaban J connectivity index is 1.40. The number of aromatic nitrogens is 1. The lowest BCUT2D eigenvalue weighted by Gasteiger charge is -2.35. The van der Waals surface area contributed by atoms with Gasteiger partial charge in [0.05, 0.1) is 25.4 Å². The van der Waals surface area contributed by atoms with Crippen LogP contribution < -0.4 is 5.32 Å². The molecule has 1 unspecified atom stereocenters. The maximum atomic E-state index is 6.07. The van der Waals surface area contributed by atoms with Crippen LogP contribution in [0.15, 0.2) is 64.2 Å². The van der Waals surface area contributed by atoms with Crippen LogP contribution in [0.2, 0.25) is 0 Å². The Kier molecular flexibility index (Phi) is 6.14. The Morgan fingerprint density at radius 3 is 2.80 bits per heavy atom. The fourth-order valence-electron chi connectivity index (χ4n) is 3.82. The first-order chi connectivity index (χ1) is 14.6. The number of nitrogens with zero attached hydrogens (tertiary/aromatic N) is 3. The van der Waals surface area contributed by atoms with E-state index in [1.807, 2.05) is 37.4 Å². The molecule has 2 aromatic carbocycles. The van der Waals surface area contributed by atoms with Crippen LogP contribution in [-0.4, -0.2) is 42.6 Å². The monoisotopic (exact) mass is 404 g/mol. The molecule has 0 bridgehead atoms. The van der Waals surface area contributed by atoms with Crippen molar-refractivity contribution in [3.05, 3.63) is 77.2 Å². The van der Waals surface area contributed by atoms with Gasteiger partial charge in [0.15, 0.2) is 5.96 Å². The van der Waals surface area contributed by atoms with Crippen molar-refractivity contribution >= 4 is 5.96 Å². The van der Waals surface area contributed by atoms with Crippen LogP contribution in [0, 0.1) is 13.8 Å². The molecule has 6 nitrogen and oxygen atoms in total. The second-order valence-corrected chi connectivity index (χ2v) is 7.58. The van der Waals surface area contributed by atoms with Crippen molar-refractivity contribution in [1.82, 2.24) is 15.2 Å². The fourth-order valence-corrected chi connectivity index (χ4v) is 3.82. The second-order valence-electron chi connectivity index (χ2n) is 7.58. The first kappa shape index (κ1) is 20.2. The number of aryl methyl sites for hydroxylation is 2. The molecule has 0 amide bonds.